The Morgan fingerprint density at radius 2 is 2.07 bits per heavy atom. The first-order chi connectivity index (χ1) is 14.6. The average molecular weight is 417 g/mol. The Morgan fingerprint density at radius 1 is 1.23 bits per heavy atom. The monoisotopic (exact) mass is 416 g/mol. The molecule has 6 nitrogen and oxygen atoms in total. The molecule has 1 aromatic carbocycles. The van der Waals surface area contributed by atoms with Crippen molar-refractivity contribution in [3.8, 4) is 17.9 Å². The SMILES string of the molecule is Cc1c(Cn2ccc(OCCc3cccs3)cc2=O)cccc1NC=C(C#N)C#N. The Bertz CT molecular complexity index is 1170. The third-order valence-corrected chi connectivity index (χ3v) is 5.50. The van der Waals surface area contributed by atoms with E-state index in [1.54, 1.807) is 28.2 Å². The van der Waals surface area contributed by atoms with Gasteiger partial charge in [0.15, 0.2) is 0 Å². The summed E-state index contributed by atoms with van der Waals surface area (Å²) in [5.74, 6) is 0.561. The van der Waals surface area contributed by atoms with Crippen LogP contribution in [0.5, 0.6) is 5.75 Å². The number of allylic oxidation sites excluding steroid dienone is 1. The van der Waals surface area contributed by atoms with Gasteiger partial charge in [0, 0.05) is 35.4 Å². The highest BCUT2D eigenvalue weighted by atomic mass is 32.1. The van der Waals surface area contributed by atoms with Gasteiger partial charge >= 0.3 is 0 Å². The summed E-state index contributed by atoms with van der Waals surface area (Å²) >= 11 is 1.69. The van der Waals surface area contributed by atoms with E-state index in [-0.39, 0.29) is 11.1 Å². The second-order valence-corrected chi connectivity index (χ2v) is 7.55. The molecule has 0 aliphatic heterocycles. The van der Waals surface area contributed by atoms with Gasteiger partial charge in [0.1, 0.15) is 23.5 Å². The van der Waals surface area contributed by atoms with Crippen LogP contribution in [0.1, 0.15) is 16.0 Å². The van der Waals surface area contributed by atoms with Crippen LogP contribution in [0.15, 0.2) is 70.6 Å². The van der Waals surface area contributed by atoms with E-state index >= 15 is 0 Å². The highest BCUT2D eigenvalue weighted by molar-refractivity contribution is 7.09. The standard InChI is InChI=1S/C23H20N4O2S/c1-17-19(4-2-6-22(17)26-15-18(13-24)14-25)16-27-9-7-20(12-23(27)28)29-10-8-21-5-3-11-30-21/h2-7,9,11-12,15,26H,8,10,16H2,1H3. The Hall–Kier alpha value is -3.81. The van der Waals surface area contributed by atoms with E-state index < -0.39 is 0 Å². The van der Waals surface area contributed by atoms with Gasteiger partial charge < -0.3 is 14.6 Å². The van der Waals surface area contributed by atoms with Gasteiger partial charge in [-0.3, -0.25) is 4.79 Å². The van der Waals surface area contributed by atoms with E-state index in [9.17, 15) is 4.79 Å². The molecule has 0 amide bonds. The van der Waals surface area contributed by atoms with Crippen molar-refractivity contribution in [3.63, 3.8) is 0 Å². The third kappa shape index (κ3) is 5.38. The molecule has 0 fully saturated rings. The molecule has 0 radical (unpaired) electrons. The lowest BCUT2D eigenvalue weighted by Gasteiger charge is -2.13. The molecule has 150 valence electrons. The normalized spacial score (nSPS) is 9.97. The van der Waals surface area contributed by atoms with Crippen LogP contribution in [0, 0.1) is 29.6 Å². The van der Waals surface area contributed by atoms with E-state index in [1.165, 1.54) is 17.1 Å². The quantitative estimate of drug-likeness (QED) is 0.555. The maximum Gasteiger partial charge on any atom is 0.254 e. The summed E-state index contributed by atoms with van der Waals surface area (Å²) in [6, 6.07) is 16.7. The number of anilines is 1. The van der Waals surface area contributed by atoms with Crippen LogP contribution >= 0.6 is 11.3 Å². The first kappa shape index (κ1) is 20.9. The minimum atomic E-state index is -0.141. The summed E-state index contributed by atoms with van der Waals surface area (Å²) in [5, 5.41) is 22.7. The predicted molar refractivity (Wildman–Crippen MR) is 117 cm³/mol. The van der Waals surface area contributed by atoms with Gasteiger partial charge in [-0.05, 0) is 41.6 Å². The summed E-state index contributed by atoms with van der Waals surface area (Å²) < 4.78 is 7.32. The number of nitriles is 2. The van der Waals surface area contributed by atoms with Gasteiger partial charge in [-0.2, -0.15) is 10.5 Å². The molecule has 0 saturated heterocycles. The number of thiophene rings is 1. The fourth-order valence-electron chi connectivity index (χ4n) is 2.87. The van der Waals surface area contributed by atoms with Gasteiger partial charge in [-0.25, -0.2) is 0 Å². The van der Waals surface area contributed by atoms with Crippen molar-refractivity contribution in [1.29, 1.82) is 10.5 Å². The van der Waals surface area contributed by atoms with Crippen LogP contribution in [-0.2, 0) is 13.0 Å². The fraction of sp³-hybridized carbons (Fsp3) is 0.174. The molecule has 7 heteroatoms. The zero-order valence-electron chi connectivity index (χ0n) is 16.5. The second-order valence-electron chi connectivity index (χ2n) is 6.52. The Labute approximate surface area is 178 Å². The van der Waals surface area contributed by atoms with E-state index in [0.717, 1.165) is 23.2 Å². The molecule has 0 saturated carbocycles. The maximum absolute atomic E-state index is 12.5. The molecule has 0 atom stereocenters. The third-order valence-electron chi connectivity index (χ3n) is 4.56. The summed E-state index contributed by atoms with van der Waals surface area (Å²) in [5.41, 5.74) is 2.52. The second kappa shape index (κ2) is 10.1. The number of nitrogens with one attached hydrogen (secondary N) is 1. The molecular weight excluding hydrogens is 396 g/mol. The summed E-state index contributed by atoms with van der Waals surface area (Å²) in [7, 11) is 0. The lowest BCUT2D eigenvalue weighted by Crippen LogP contribution is -2.20. The largest absolute Gasteiger partial charge is 0.493 e. The molecule has 2 aromatic heterocycles. The number of nitrogens with zero attached hydrogens (tertiary/aromatic N) is 3. The Morgan fingerprint density at radius 3 is 2.77 bits per heavy atom. The van der Waals surface area contributed by atoms with Crippen LogP contribution in [0.2, 0.25) is 0 Å². The van der Waals surface area contributed by atoms with E-state index in [1.807, 2.05) is 48.7 Å². The molecule has 0 unspecified atom stereocenters. The number of rotatable bonds is 8. The molecule has 0 aliphatic rings. The first-order valence-electron chi connectivity index (χ1n) is 9.32. The number of ether oxygens (including phenoxy) is 1. The molecule has 2 heterocycles. The average Bonchev–Trinajstić information content (AvgIpc) is 3.26. The Kier molecular flexibility index (Phi) is 7.05. The maximum atomic E-state index is 12.5. The van der Waals surface area contributed by atoms with Crippen molar-refractivity contribution in [1.82, 2.24) is 4.57 Å². The molecule has 0 spiro atoms. The number of hydrogen-bond donors (Lipinski definition) is 1. The van der Waals surface area contributed by atoms with E-state index in [4.69, 9.17) is 15.3 Å². The van der Waals surface area contributed by atoms with Crippen molar-refractivity contribution >= 4 is 17.0 Å². The van der Waals surface area contributed by atoms with Crippen molar-refractivity contribution in [2.75, 3.05) is 11.9 Å². The zero-order valence-corrected chi connectivity index (χ0v) is 17.3. The molecule has 0 bridgehead atoms. The van der Waals surface area contributed by atoms with Crippen LogP contribution in [0.3, 0.4) is 0 Å². The number of hydrogen-bond acceptors (Lipinski definition) is 6. The van der Waals surface area contributed by atoms with Gasteiger partial charge in [-0.1, -0.05) is 18.2 Å². The van der Waals surface area contributed by atoms with Crippen molar-refractivity contribution in [3.05, 3.63) is 92.2 Å². The molecule has 30 heavy (non-hydrogen) atoms. The minimum absolute atomic E-state index is 0.00862. The molecule has 3 rings (SSSR count). The smallest absolute Gasteiger partial charge is 0.254 e. The van der Waals surface area contributed by atoms with Crippen molar-refractivity contribution in [2.45, 2.75) is 19.9 Å². The minimum Gasteiger partial charge on any atom is -0.493 e. The van der Waals surface area contributed by atoms with Crippen LogP contribution in [0.4, 0.5) is 5.69 Å². The van der Waals surface area contributed by atoms with Crippen molar-refractivity contribution in [2.24, 2.45) is 0 Å². The van der Waals surface area contributed by atoms with E-state index in [0.29, 0.717) is 18.9 Å². The zero-order chi connectivity index (χ0) is 21.3. The summed E-state index contributed by atoms with van der Waals surface area (Å²) in [4.78, 5) is 13.8. The summed E-state index contributed by atoms with van der Waals surface area (Å²) in [6.45, 7) is 2.86. The lowest BCUT2D eigenvalue weighted by atomic mass is 10.1. The molecular formula is C23H20N4O2S. The van der Waals surface area contributed by atoms with Crippen LogP contribution < -0.4 is 15.6 Å². The lowest BCUT2D eigenvalue weighted by molar-refractivity contribution is 0.321. The van der Waals surface area contributed by atoms with Crippen LogP contribution in [-0.4, -0.2) is 11.2 Å². The van der Waals surface area contributed by atoms with Crippen LogP contribution in [0.25, 0.3) is 0 Å². The Balaban J connectivity index is 1.68. The number of benzene rings is 1. The van der Waals surface area contributed by atoms with Gasteiger partial charge in [0.05, 0.1) is 13.2 Å². The number of pyridine rings is 1. The predicted octanol–water partition coefficient (Wildman–Crippen LogP) is 4.23. The highest BCUT2D eigenvalue weighted by Gasteiger charge is 2.07. The number of aromatic nitrogens is 1. The fourth-order valence-corrected chi connectivity index (χ4v) is 3.56. The summed E-state index contributed by atoms with van der Waals surface area (Å²) in [6.07, 6.45) is 3.92. The topological polar surface area (TPSA) is 90.8 Å². The van der Waals surface area contributed by atoms with Crippen molar-refractivity contribution < 1.29 is 4.74 Å². The molecule has 0 aliphatic carbocycles. The highest BCUT2D eigenvalue weighted by Crippen LogP contribution is 2.20. The van der Waals surface area contributed by atoms with Gasteiger partial charge in [0.2, 0.25) is 0 Å². The molecule has 1 N–H and O–H groups in total. The van der Waals surface area contributed by atoms with Gasteiger partial charge in [0.25, 0.3) is 5.56 Å². The van der Waals surface area contributed by atoms with E-state index in [2.05, 4.69) is 11.4 Å². The van der Waals surface area contributed by atoms with Gasteiger partial charge in [-0.15, -0.1) is 11.3 Å². The molecule has 3 aromatic rings. The first-order valence-corrected chi connectivity index (χ1v) is 10.2.